The zero-order valence-corrected chi connectivity index (χ0v) is 17.3. The standard InChI is InChI=1S/C24H26N2O5/c1-2-20(23(28)29)25-22(27)21(14-11-12-14)26-24(30)31-13-19-17-9-5-3-7-15(17)16-8-4-6-10-18(16)19/h3-10,14,19-21H,2,11-13H2,1H3,(H,25,27)(H,26,30)(H,28,29). The molecule has 0 spiro atoms. The van der Waals surface area contributed by atoms with Gasteiger partial charge in [-0.15, -0.1) is 0 Å². The van der Waals surface area contributed by atoms with E-state index in [-0.39, 0.29) is 24.9 Å². The van der Waals surface area contributed by atoms with Gasteiger partial charge in [0.05, 0.1) is 0 Å². The third-order valence-electron chi connectivity index (χ3n) is 6.02. The van der Waals surface area contributed by atoms with Crippen LogP contribution in [0, 0.1) is 5.92 Å². The number of aliphatic carboxylic acids is 1. The van der Waals surface area contributed by atoms with Gasteiger partial charge in [0.2, 0.25) is 5.91 Å². The number of carbonyl (C=O) groups excluding carboxylic acids is 2. The van der Waals surface area contributed by atoms with Gasteiger partial charge in [-0.1, -0.05) is 55.5 Å². The number of rotatable bonds is 8. The van der Waals surface area contributed by atoms with Crippen LogP contribution in [0.25, 0.3) is 11.1 Å². The van der Waals surface area contributed by atoms with Crippen molar-refractivity contribution in [3.8, 4) is 11.1 Å². The largest absolute Gasteiger partial charge is 0.480 e. The van der Waals surface area contributed by atoms with Crippen molar-refractivity contribution in [1.82, 2.24) is 10.6 Å². The molecule has 2 aromatic rings. The van der Waals surface area contributed by atoms with Crippen molar-refractivity contribution in [3.05, 3.63) is 59.7 Å². The van der Waals surface area contributed by atoms with Crippen molar-refractivity contribution < 1.29 is 24.2 Å². The van der Waals surface area contributed by atoms with E-state index in [1.54, 1.807) is 6.92 Å². The number of amides is 2. The second-order valence-electron chi connectivity index (χ2n) is 8.09. The number of carboxylic acid groups (broad SMARTS) is 1. The number of alkyl carbamates (subject to hydrolysis) is 1. The maximum atomic E-state index is 12.6. The summed E-state index contributed by atoms with van der Waals surface area (Å²) in [5, 5.41) is 14.3. The number of hydrogen-bond acceptors (Lipinski definition) is 4. The Balaban J connectivity index is 1.41. The molecule has 3 N–H and O–H groups in total. The zero-order valence-electron chi connectivity index (χ0n) is 17.3. The average molecular weight is 422 g/mol. The fraction of sp³-hybridized carbons (Fsp3) is 0.375. The highest BCUT2D eigenvalue weighted by molar-refractivity contribution is 5.89. The van der Waals surface area contributed by atoms with Crippen LogP contribution >= 0.6 is 0 Å². The first kappa shape index (κ1) is 20.9. The third-order valence-corrected chi connectivity index (χ3v) is 6.02. The summed E-state index contributed by atoms with van der Waals surface area (Å²) in [7, 11) is 0. The van der Waals surface area contributed by atoms with Crippen LogP contribution in [0.1, 0.15) is 43.2 Å². The highest BCUT2D eigenvalue weighted by Crippen LogP contribution is 2.44. The molecule has 31 heavy (non-hydrogen) atoms. The Hall–Kier alpha value is -3.35. The summed E-state index contributed by atoms with van der Waals surface area (Å²) in [4.78, 5) is 36.3. The molecule has 0 saturated heterocycles. The Morgan fingerprint density at radius 1 is 1.00 bits per heavy atom. The molecule has 2 atom stereocenters. The maximum absolute atomic E-state index is 12.6. The van der Waals surface area contributed by atoms with E-state index in [9.17, 15) is 19.5 Å². The van der Waals surface area contributed by atoms with Gasteiger partial charge in [-0.3, -0.25) is 4.79 Å². The Kier molecular flexibility index (Phi) is 5.93. The van der Waals surface area contributed by atoms with Crippen LogP contribution < -0.4 is 10.6 Å². The molecule has 4 rings (SSSR count). The summed E-state index contributed by atoms with van der Waals surface area (Å²) < 4.78 is 5.53. The number of ether oxygens (including phenoxy) is 1. The van der Waals surface area contributed by atoms with Gasteiger partial charge in [0, 0.05) is 5.92 Å². The minimum Gasteiger partial charge on any atom is -0.480 e. The lowest BCUT2D eigenvalue weighted by atomic mass is 9.98. The van der Waals surface area contributed by atoms with Crippen LogP contribution in [-0.4, -0.2) is 41.8 Å². The number of carbonyl (C=O) groups is 3. The topological polar surface area (TPSA) is 105 Å². The number of benzene rings is 2. The molecular weight excluding hydrogens is 396 g/mol. The van der Waals surface area contributed by atoms with Crippen LogP contribution in [0.15, 0.2) is 48.5 Å². The number of fused-ring (bicyclic) bond motifs is 3. The molecule has 162 valence electrons. The molecule has 7 heteroatoms. The second-order valence-corrected chi connectivity index (χ2v) is 8.09. The van der Waals surface area contributed by atoms with Crippen molar-refractivity contribution in [1.29, 1.82) is 0 Å². The van der Waals surface area contributed by atoms with Crippen molar-refractivity contribution in [2.75, 3.05) is 6.61 Å². The van der Waals surface area contributed by atoms with E-state index in [4.69, 9.17) is 4.74 Å². The van der Waals surface area contributed by atoms with Gasteiger partial charge < -0.3 is 20.5 Å². The van der Waals surface area contributed by atoms with Gasteiger partial charge in [0.15, 0.2) is 0 Å². The lowest BCUT2D eigenvalue weighted by molar-refractivity contribution is -0.142. The Labute approximate surface area is 180 Å². The minimum absolute atomic E-state index is 0.00628. The highest BCUT2D eigenvalue weighted by Gasteiger charge is 2.39. The van der Waals surface area contributed by atoms with Crippen LogP contribution in [0.5, 0.6) is 0 Å². The summed E-state index contributed by atoms with van der Waals surface area (Å²) in [5.41, 5.74) is 4.50. The number of carboxylic acids is 1. The van der Waals surface area contributed by atoms with Gasteiger partial charge >= 0.3 is 12.1 Å². The first-order valence-electron chi connectivity index (χ1n) is 10.6. The summed E-state index contributed by atoms with van der Waals surface area (Å²) in [6.07, 6.45) is 1.22. The van der Waals surface area contributed by atoms with E-state index >= 15 is 0 Å². The first-order chi connectivity index (χ1) is 15.0. The fourth-order valence-electron chi connectivity index (χ4n) is 4.19. The van der Waals surface area contributed by atoms with Crippen LogP contribution in [0.3, 0.4) is 0 Å². The summed E-state index contributed by atoms with van der Waals surface area (Å²) in [6, 6.07) is 14.4. The summed E-state index contributed by atoms with van der Waals surface area (Å²) in [6.45, 7) is 1.84. The van der Waals surface area contributed by atoms with E-state index in [0.29, 0.717) is 0 Å². The van der Waals surface area contributed by atoms with Crippen molar-refractivity contribution in [2.24, 2.45) is 5.92 Å². The molecular formula is C24H26N2O5. The van der Waals surface area contributed by atoms with Crippen molar-refractivity contribution in [3.63, 3.8) is 0 Å². The van der Waals surface area contributed by atoms with E-state index in [0.717, 1.165) is 35.1 Å². The molecule has 1 fully saturated rings. The average Bonchev–Trinajstić information content (AvgIpc) is 3.56. The monoisotopic (exact) mass is 422 g/mol. The van der Waals surface area contributed by atoms with E-state index < -0.39 is 30.1 Å². The van der Waals surface area contributed by atoms with Crippen molar-refractivity contribution in [2.45, 2.75) is 44.2 Å². The molecule has 2 aliphatic carbocycles. The van der Waals surface area contributed by atoms with E-state index in [1.807, 2.05) is 36.4 Å². The van der Waals surface area contributed by atoms with E-state index in [2.05, 4.69) is 22.8 Å². The van der Waals surface area contributed by atoms with Gasteiger partial charge in [-0.05, 0) is 47.4 Å². The van der Waals surface area contributed by atoms with Gasteiger partial charge in [0.25, 0.3) is 0 Å². The molecule has 2 aromatic carbocycles. The quantitative estimate of drug-likeness (QED) is 0.606. The van der Waals surface area contributed by atoms with Crippen LogP contribution in [-0.2, 0) is 14.3 Å². The Morgan fingerprint density at radius 2 is 1.58 bits per heavy atom. The van der Waals surface area contributed by atoms with Crippen LogP contribution in [0.4, 0.5) is 4.79 Å². The molecule has 7 nitrogen and oxygen atoms in total. The van der Waals surface area contributed by atoms with Crippen LogP contribution in [0.2, 0.25) is 0 Å². The smallest absolute Gasteiger partial charge is 0.407 e. The lowest BCUT2D eigenvalue weighted by Crippen LogP contribution is -2.52. The molecule has 0 aromatic heterocycles. The highest BCUT2D eigenvalue weighted by atomic mass is 16.5. The van der Waals surface area contributed by atoms with Crippen molar-refractivity contribution >= 4 is 18.0 Å². The molecule has 1 saturated carbocycles. The van der Waals surface area contributed by atoms with Gasteiger partial charge in [-0.2, -0.15) is 0 Å². The predicted octanol–water partition coefficient (Wildman–Crippen LogP) is 3.28. The first-order valence-corrected chi connectivity index (χ1v) is 10.6. The molecule has 2 amide bonds. The minimum atomic E-state index is -1.09. The van der Waals surface area contributed by atoms with E-state index in [1.165, 1.54) is 0 Å². The number of hydrogen-bond donors (Lipinski definition) is 3. The third kappa shape index (κ3) is 4.40. The van der Waals surface area contributed by atoms with Gasteiger partial charge in [0.1, 0.15) is 18.7 Å². The molecule has 0 aliphatic heterocycles. The second kappa shape index (κ2) is 8.79. The Bertz CT molecular complexity index is 955. The SMILES string of the molecule is CCC(NC(=O)C(NC(=O)OCC1c2ccccc2-c2ccccc21)C1CC1)C(=O)O. The molecule has 2 unspecified atom stereocenters. The molecule has 0 radical (unpaired) electrons. The number of nitrogens with one attached hydrogen (secondary N) is 2. The zero-order chi connectivity index (χ0) is 22.0. The Morgan fingerprint density at radius 3 is 2.10 bits per heavy atom. The fourth-order valence-corrected chi connectivity index (χ4v) is 4.19. The normalized spacial score (nSPS) is 16.5. The molecule has 0 heterocycles. The summed E-state index contributed by atoms with van der Waals surface area (Å²) in [5.74, 6) is -1.63. The summed E-state index contributed by atoms with van der Waals surface area (Å²) >= 11 is 0. The lowest BCUT2D eigenvalue weighted by Gasteiger charge is -2.21. The molecule has 0 bridgehead atoms. The van der Waals surface area contributed by atoms with Gasteiger partial charge in [-0.25, -0.2) is 9.59 Å². The maximum Gasteiger partial charge on any atom is 0.407 e. The predicted molar refractivity (Wildman–Crippen MR) is 115 cm³/mol. The molecule has 2 aliphatic rings.